The summed E-state index contributed by atoms with van der Waals surface area (Å²) < 4.78 is 35.0. The Morgan fingerprint density at radius 2 is 1.68 bits per heavy atom. The van der Waals surface area contributed by atoms with E-state index in [0.717, 1.165) is 6.26 Å². The zero-order valence-electron chi connectivity index (χ0n) is 12.1. The number of benzene rings is 2. The van der Waals surface area contributed by atoms with Gasteiger partial charge in [-0.05, 0) is 36.4 Å². The third kappa shape index (κ3) is 4.23. The zero-order chi connectivity index (χ0) is 16.2. The lowest BCUT2D eigenvalue weighted by atomic mass is 10.2. The first-order valence-electron chi connectivity index (χ1n) is 6.32. The summed E-state index contributed by atoms with van der Waals surface area (Å²) >= 11 is 0. The molecule has 0 aliphatic carbocycles. The van der Waals surface area contributed by atoms with Gasteiger partial charge in [-0.1, -0.05) is 12.1 Å². The number of carbonyl (C=O) groups excluding carboxylic acids is 1. The van der Waals surface area contributed by atoms with Crippen molar-refractivity contribution >= 4 is 21.7 Å². The van der Waals surface area contributed by atoms with Crippen LogP contribution in [0.1, 0.15) is 10.4 Å². The number of rotatable bonds is 5. The molecule has 0 aliphatic rings. The standard InChI is InChI=1S/C15H15NO5S/c1-20-15(17)13-5-3-4-6-14(13)21-12-9-7-11(8-10-12)16-22(2,18)19/h3-10,16H,1-2H3. The molecule has 0 unspecified atom stereocenters. The monoisotopic (exact) mass is 321 g/mol. The average molecular weight is 321 g/mol. The van der Waals surface area contributed by atoms with E-state index in [1.54, 1.807) is 48.5 Å². The normalized spacial score (nSPS) is 10.8. The fraction of sp³-hybridized carbons (Fsp3) is 0.133. The third-order valence-corrected chi connectivity index (χ3v) is 3.28. The number of hydrogen-bond donors (Lipinski definition) is 1. The van der Waals surface area contributed by atoms with Crippen LogP contribution < -0.4 is 9.46 Å². The number of esters is 1. The predicted molar refractivity (Wildman–Crippen MR) is 82.8 cm³/mol. The molecule has 0 saturated carbocycles. The van der Waals surface area contributed by atoms with E-state index in [1.165, 1.54) is 7.11 Å². The van der Waals surface area contributed by atoms with E-state index in [2.05, 4.69) is 4.72 Å². The maximum atomic E-state index is 11.7. The molecule has 1 N–H and O–H groups in total. The van der Waals surface area contributed by atoms with Gasteiger partial charge in [0.2, 0.25) is 10.0 Å². The van der Waals surface area contributed by atoms with E-state index in [-0.39, 0.29) is 0 Å². The highest BCUT2D eigenvalue weighted by Gasteiger charge is 2.12. The van der Waals surface area contributed by atoms with Gasteiger partial charge in [0.15, 0.2) is 0 Å². The minimum Gasteiger partial charge on any atom is -0.465 e. The van der Waals surface area contributed by atoms with E-state index in [0.29, 0.717) is 22.7 Å². The number of carbonyl (C=O) groups is 1. The average Bonchev–Trinajstić information content (AvgIpc) is 2.47. The number of anilines is 1. The van der Waals surface area contributed by atoms with Gasteiger partial charge in [-0.3, -0.25) is 4.72 Å². The quantitative estimate of drug-likeness (QED) is 0.856. The van der Waals surface area contributed by atoms with Crippen molar-refractivity contribution < 1.29 is 22.7 Å². The van der Waals surface area contributed by atoms with Crippen LogP contribution in [-0.2, 0) is 14.8 Å². The van der Waals surface area contributed by atoms with Crippen molar-refractivity contribution in [3.05, 3.63) is 54.1 Å². The second kappa shape index (κ2) is 6.48. The molecule has 6 nitrogen and oxygen atoms in total. The Kier molecular flexibility index (Phi) is 4.67. The first-order chi connectivity index (χ1) is 10.4. The smallest absolute Gasteiger partial charge is 0.341 e. The van der Waals surface area contributed by atoms with E-state index >= 15 is 0 Å². The number of sulfonamides is 1. The minimum absolute atomic E-state index is 0.309. The summed E-state index contributed by atoms with van der Waals surface area (Å²) in [6.07, 6.45) is 1.07. The van der Waals surface area contributed by atoms with Crippen molar-refractivity contribution in [2.45, 2.75) is 0 Å². The van der Waals surface area contributed by atoms with Crippen molar-refractivity contribution in [2.24, 2.45) is 0 Å². The van der Waals surface area contributed by atoms with Gasteiger partial charge in [0.25, 0.3) is 0 Å². The highest BCUT2D eigenvalue weighted by atomic mass is 32.2. The topological polar surface area (TPSA) is 81.7 Å². The van der Waals surface area contributed by atoms with Gasteiger partial charge in [-0.25, -0.2) is 13.2 Å². The number of hydrogen-bond acceptors (Lipinski definition) is 5. The molecule has 0 saturated heterocycles. The Bertz CT molecular complexity index is 769. The van der Waals surface area contributed by atoms with Crippen LogP contribution in [0.25, 0.3) is 0 Å². The first-order valence-corrected chi connectivity index (χ1v) is 8.21. The van der Waals surface area contributed by atoms with Crippen molar-refractivity contribution in [1.29, 1.82) is 0 Å². The van der Waals surface area contributed by atoms with Crippen LogP contribution >= 0.6 is 0 Å². The summed E-state index contributed by atoms with van der Waals surface area (Å²) in [5.41, 5.74) is 0.736. The van der Waals surface area contributed by atoms with E-state index < -0.39 is 16.0 Å². The molecule has 0 heterocycles. The fourth-order valence-electron chi connectivity index (χ4n) is 1.77. The molecule has 0 bridgehead atoms. The summed E-state index contributed by atoms with van der Waals surface area (Å²) in [6.45, 7) is 0. The van der Waals surface area contributed by atoms with Gasteiger partial charge in [0, 0.05) is 5.69 Å². The van der Waals surface area contributed by atoms with E-state index in [4.69, 9.17) is 9.47 Å². The molecule has 2 aromatic carbocycles. The van der Waals surface area contributed by atoms with Crippen molar-refractivity contribution in [3.63, 3.8) is 0 Å². The molecule has 0 amide bonds. The molecule has 0 aliphatic heterocycles. The Labute approximate surface area is 128 Å². The number of nitrogens with one attached hydrogen (secondary N) is 1. The van der Waals surface area contributed by atoms with Crippen LogP contribution in [0.5, 0.6) is 11.5 Å². The number of ether oxygens (including phenoxy) is 2. The lowest BCUT2D eigenvalue weighted by Crippen LogP contribution is -2.09. The molecule has 2 aromatic rings. The minimum atomic E-state index is -3.32. The summed E-state index contributed by atoms with van der Waals surface area (Å²) in [4.78, 5) is 11.7. The summed E-state index contributed by atoms with van der Waals surface area (Å²) in [6, 6.07) is 13.0. The Morgan fingerprint density at radius 3 is 2.27 bits per heavy atom. The molecule has 7 heteroatoms. The Balaban J connectivity index is 2.20. The Morgan fingerprint density at radius 1 is 1.05 bits per heavy atom. The second-order valence-corrected chi connectivity index (χ2v) is 6.24. The molecule has 0 radical (unpaired) electrons. The molecule has 0 aromatic heterocycles. The van der Waals surface area contributed by atoms with Crippen LogP contribution in [0.3, 0.4) is 0 Å². The molecule has 0 atom stereocenters. The van der Waals surface area contributed by atoms with Gasteiger partial charge in [-0.15, -0.1) is 0 Å². The van der Waals surface area contributed by atoms with Crippen LogP contribution in [-0.4, -0.2) is 27.8 Å². The van der Waals surface area contributed by atoms with Crippen molar-refractivity contribution in [2.75, 3.05) is 18.1 Å². The summed E-state index contributed by atoms with van der Waals surface area (Å²) in [5.74, 6) is 0.333. The lowest BCUT2D eigenvalue weighted by Gasteiger charge is -2.10. The SMILES string of the molecule is COC(=O)c1ccccc1Oc1ccc(NS(C)(=O)=O)cc1. The zero-order valence-corrected chi connectivity index (χ0v) is 12.9. The molecule has 0 spiro atoms. The van der Waals surface area contributed by atoms with E-state index in [1.807, 2.05) is 0 Å². The van der Waals surface area contributed by atoms with Gasteiger partial charge >= 0.3 is 5.97 Å². The van der Waals surface area contributed by atoms with E-state index in [9.17, 15) is 13.2 Å². The van der Waals surface area contributed by atoms with Crippen LogP contribution in [0.2, 0.25) is 0 Å². The molecule has 0 fully saturated rings. The summed E-state index contributed by atoms with van der Waals surface area (Å²) in [5, 5.41) is 0. The van der Waals surface area contributed by atoms with Crippen molar-refractivity contribution in [1.82, 2.24) is 0 Å². The number of para-hydroxylation sites is 1. The lowest BCUT2D eigenvalue weighted by molar-refractivity contribution is 0.0598. The fourth-order valence-corrected chi connectivity index (χ4v) is 2.33. The van der Waals surface area contributed by atoms with Crippen LogP contribution in [0.4, 0.5) is 5.69 Å². The van der Waals surface area contributed by atoms with Gasteiger partial charge in [0.1, 0.15) is 17.1 Å². The summed E-state index contributed by atoms with van der Waals surface area (Å²) in [7, 11) is -2.03. The second-order valence-electron chi connectivity index (χ2n) is 4.49. The first kappa shape index (κ1) is 15.8. The van der Waals surface area contributed by atoms with Gasteiger partial charge in [-0.2, -0.15) is 0 Å². The maximum Gasteiger partial charge on any atom is 0.341 e. The number of methoxy groups -OCH3 is 1. The molecule has 116 valence electrons. The van der Waals surface area contributed by atoms with Crippen molar-refractivity contribution in [3.8, 4) is 11.5 Å². The maximum absolute atomic E-state index is 11.7. The molecule has 22 heavy (non-hydrogen) atoms. The molecule has 2 rings (SSSR count). The van der Waals surface area contributed by atoms with Gasteiger partial charge in [0.05, 0.1) is 13.4 Å². The third-order valence-electron chi connectivity index (χ3n) is 2.68. The molecular formula is C15H15NO5S. The Hall–Kier alpha value is -2.54. The highest BCUT2D eigenvalue weighted by molar-refractivity contribution is 7.92. The predicted octanol–water partition coefficient (Wildman–Crippen LogP) is 2.64. The van der Waals surface area contributed by atoms with Crippen LogP contribution in [0, 0.1) is 0 Å². The largest absolute Gasteiger partial charge is 0.465 e. The van der Waals surface area contributed by atoms with Gasteiger partial charge < -0.3 is 9.47 Å². The molecular weight excluding hydrogens is 306 g/mol. The van der Waals surface area contributed by atoms with Crippen LogP contribution in [0.15, 0.2) is 48.5 Å². The highest BCUT2D eigenvalue weighted by Crippen LogP contribution is 2.26.